The van der Waals surface area contributed by atoms with E-state index in [0.717, 1.165) is 6.07 Å². The third kappa shape index (κ3) is 4.23. The fraction of sp³-hybridized carbons (Fsp3) is 0.167. The maximum Gasteiger partial charge on any atom is 0.229 e. The highest BCUT2D eigenvalue weighted by molar-refractivity contribution is 7.90. The molecule has 0 spiro atoms. The van der Waals surface area contributed by atoms with Crippen molar-refractivity contribution in [2.24, 2.45) is 0 Å². The molecule has 20 heavy (non-hydrogen) atoms. The van der Waals surface area contributed by atoms with Crippen LogP contribution in [0.5, 0.6) is 0 Å². The fourth-order valence-electron chi connectivity index (χ4n) is 1.65. The average Bonchev–Trinajstić information content (AvgIpc) is 2.25. The van der Waals surface area contributed by atoms with E-state index in [4.69, 9.17) is 4.78 Å². The fourth-order valence-corrected chi connectivity index (χ4v) is 2.45. The molecule has 1 atom stereocenters. The second-order valence-electron chi connectivity index (χ2n) is 4.33. The molecule has 0 amide bonds. The first kappa shape index (κ1) is 14.3. The Balaban J connectivity index is 2.28. The number of nitrogens with one attached hydrogen (secondary N) is 2. The monoisotopic (exact) mass is 298 g/mol. The van der Waals surface area contributed by atoms with Crippen molar-refractivity contribution >= 4 is 21.4 Å². The molecular weight excluding hydrogens is 286 g/mol. The van der Waals surface area contributed by atoms with Gasteiger partial charge in [-0.1, -0.05) is 0 Å². The topological polar surface area (TPSA) is 78.7 Å². The molecule has 0 radical (unpaired) electrons. The van der Waals surface area contributed by atoms with Crippen molar-refractivity contribution in [1.29, 1.82) is 4.78 Å². The Morgan fingerprint density at radius 3 is 2.75 bits per heavy atom. The van der Waals surface area contributed by atoms with E-state index in [1.165, 1.54) is 30.7 Å². The van der Waals surface area contributed by atoms with E-state index in [-0.39, 0.29) is 11.7 Å². The van der Waals surface area contributed by atoms with Crippen LogP contribution in [0.25, 0.3) is 0 Å². The molecule has 1 unspecified atom stereocenters. The molecule has 2 rings (SSSR count). The minimum absolute atomic E-state index is 0.00958. The van der Waals surface area contributed by atoms with Gasteiger partial charge in [0.1, 0.15) is 5.82 Å². The van der Waals surface area contributed by atoms with Crippen LogP contribution in [0, 0.1) is 16.5 Å². The average molecular weight is 298 g/mol. The van der Waals surface area contributed by atoms with Crippen molar-refractivity contribution in [3.05, 3.63) is 47.8 Å². The van der Waals surface area contributed by atoms with Gasteiger partial charge in [0.2, 0.25) is 11.9 Å². The SMILES string of the molecule is CS(=N)(=O)Cc1cc(F)cc(Nc2nccc(F)n2)c1. The molecule has 0 aliphatic carbocycles. The van der Waals surface area contributed by atoms with Gasteiger partial charge in [0.05, 0.1) is 5.75 Å². The first-order valence-corrected chi connectivity index (χ1v) is 7.72. The number of anilines is 2. The molecule has 2 N–H and O–H groups in total. The predicted molar refractivity (Wildman–Crippen MR) is 72.2 cm³/mol. The van der Waals surface area contributed by atoms with Gasteiger partial charge in [0.25, 0.3) is 0 Å². The number of hydrogen-bond donors (Lipinski definition) is 2. The zero-order valence-electron chi connectivity index (χ0n) is 10.6. The smallest absolute Gasteiger partial charge is 0.229 e. The zero-order valence-corrected chi connectivity index (χ0v) is 11.4. The molecule has 5 nitrogen and oxygen atoms in total. The Morgan fingerprint density at radius 2 is 2.10 bits per heavy atom. The van der Waals surface area contributed by atoms with Gasteiger partial charge in [-0.25, -0.2) is 13.6 Å². The highest BCUT2D eigenvalue weighted by Crippen LogP contribution is 2.18. The summed E-state index contributed by atoms with van der Waals surface area (Å²) >= 11 is 0. The van der Waals surface area contributed by atoms with Gasteiger partial charge in [-0.3, -0.25) is 4.78 Å². The first-order chi connectivity index (χ1) is 9.32. The van der Waals surface area contributed by atoms with E-state index in [1.807, 2.05) is 0 Å². The maximum atomic E-state index is 13.5. The van der Waals surface area contributed by atoms with Crippen LogP contribution < -0.4 is 5.32 Å². The molecule has 106 valence electrons. The van der Waals surface area contributed by atoms with Crippen LogP contribution in [0.1, 0.15) is 5.56 Å². The standard InChI is InChI=1S/C12H12F2N4OS/c1-20(15,19)7-8-4-9(13)6-10(5-8)17-12-16-3-2-11(14)18-12/h2-6,15H,7H2,1H3,(H,16,17,18). The van der Waals surface area contributed by atoms with Crippen molar-refractivity contribution in [2.45, 2.75) is 5.75 Å². The lowest BCUT2D eigenvalue weighted by Gasteiger charge is -2.08. The molecular formula is C12H12F2N4OS. The molecule has 1 heterocycles. The molecule has 0 fully saturated rings. The van der Waals surface area contributed by atoms with Crippen LogP contribution in [0.3, 0.4) is 0 Å². The van der Waals surface area contributed by atoms with Gasteiger partial charge < -0.3 is 5.32 Å². The lowest BCUT2D eigenvalue weighted by atomic mass is 10.2. The second kappa shape index (κ2) is 5.49. The molecule has 1 aromatic carbocycles. The summed E-state index contributed by atoms with van der Waals surface area (Å²) < 4.78 is 45.2. The van der Waals surface area contributed by atoms with Crippen molar-refractivity contribution in [3.8, 4) is 0 Å². The summed E-state index contributed by atoms with van der Waals surface area (Å²) in [6.07, 6.45) is 2.51. The highest BCUT2D eigenvalue weighted by atomic mass is 32.2. The summed E-state index contributed by atoms with van der Waals surface area (Å²) in [5.74, 6) is -1.33. The van der Waals surface area contributed by atoms with Crippen LogP contribution in [0.4, 0.5) is 20.4 Å². The number of hydrogen-bond acceptors (Lipinski definition) is 5. The summed E-state index contributed by atoms with van der Waals surface area (Å²) in [5.41, 5.74) is 0.709. The molecule has 0 saturated heterocycles. The number of benzene rings is 1. The summed E-state index contributed by atoms with van der Waals surface area (Å²) in [7, 11) is -2.78. The van der Waals surface area contributed by atoms with Gasteiger partial charge in [-0.2, -0.15) is 9.37 Å². The van der Waals surface area contributed by atoms with Gasteiger partial charge in [-0.05, 0) is 23.8 Å². The largest absolute Gasteiger partial charge is 0.324 e. The van der Waals surface area contributed by atoms with E-state index >= 15 is 0 Å². The Labute approximate surface area is 115 Å². The van der Waals surface area contributed by atoms with Crippen LogP contribution >= 0.6 is 0 Å². The number of halogens is 2. The minimum atomic E-state index is -2.78. The lowest BCUT2D eigenvalue weighted by molar-refractivity contribution is 0.582. The summed E-state index contributed by atoms with van der Waals surface area (Å²) in [6.45, 7) is 0. The molecule has 1 aromatic heterocycles. The Bertz CT molecular complexity index is 734. The van der Waals surface area contributed by atoms with Crippen molar-refractivity contribution in [3.63, 3.8) is 0 Å². The number of nitrogens with zero attached hydrogens (tertiary/aromatic N) is 2. The van der Waals surface area contributed by atoms with Gasteiger partial charge in [0.15, 0.2) is 0 Å². The Hall–Kier alpha value is -2.09. The predicted octanol–water partition coefficient (Wildman–Crippen LogP) is 2.67. The highest BCUT2D eigenvalue weighted by Gasteiger charge is 2.07. The first-order valence-electron chi connectivity index (χ1n) is 5.58. The van der Waals surface area contributed by atoms with Gasteiger partial charge >= 0.3 is 0 Å². The number of aromatic nitrogens is 2. The van der Waals surface area contributed by atoms with E-state index in [2.05, 4.69) is 15.3 Å². The van der Waals surface area contributed by atoms with Crippen molar-refractivity contribution in [2.75, 3.05) is 11.6 Å². The third-order valence-corrected chi connectivity index (χ3v) is 3.16. The van der Waals surface area contributed by atoms with Crippen LogP contribution in [-0.4, -0.2) is 20.4 Å². The van der Waals surface area contributed by atoms with E-state index in [9.17, 15) is 13.0 Å². The van der Waals surface area contributed by atoms with Gasteiger partial charge in [-0.15, -0.1) is 0 Å². The molecule has 8 heteroatoms. The molecule has 0 bridgehead atoms. The van der Waals surface area contributed by atoms with Crippen LogP contribution in [0.15, 0.2) is 30.5 Å². The van der Waals surface area contributed by atoms with Crippen molar-refractivity contribution < 1.29 is 13.0 Å². The minimum Gasteiger partial charge on any atom is -0.324 e. The summed E-state index contributed by atoms with van der Waals surface area (Å²) in [6, 6.07) is 5.00. The summed E-state index contributed by atoms with van der Waals surface area (Å²) in [4.78, 5) is 7.29. The quantitative estimate of drug-likeness (QED) is 0.851. The zero-order chi connectivity index (χ0) is 14.8. The van der Waals surface area contributed by atoms with Crippen LogP contribution in [-0.2, 0) is 15.5 Å². The third-order valence-electron chi connectivity index (χ3n) is 2.28. The Morgan fingerprint density at radius 1 is 1.35 bits per heavy atom. The molecule has 0 aliphatic rings. The molecule has 0 aliphatic heterocycles. The van der Waals surface area contributed by atoms with E-state index in [0.29, 0.717) is 11.3 Å². The normalized spacial score (nSPS) is 13.8. The maximum absolute atomic E-state index is 13.5. The van der Waals surface area contributed by atoms with E-state index < -0.39 is 21.5 Å². The van der Waals surface area contributed by atoms with Crippen LogP contribution in [0.2, 0.25) is 0 Å². The van der Waals surface area contributed by atoms with E-state index in [1.54, 1.807) is 0 Å². The molecule has 2 aromatic rings. The number of rotatable bonds is 4. The Kier molecular flexibility index (Phi) is 3.93. The second-order valence-corrected chi connectivity index (χ2v) is 6.62. The van der Waals surface area contributed by atoms with Crippen molar-refractivity contribution in [1.82, 2.24) is 9.97 Å². The molecule has 0 saturated carbocycles. The lowest BCUT2D eigenvalue weighted by Crippen LogP contribution is -2.02. The summed E-state index contributed by atoms with van der Waals surface area (Å²) in [5, 5.41) is 2.66. The van der Waals surface area contributed by atoms with Gasteiger partial charge in [0, 0.05) is 33.9 Å².